The van der Waals surface area contributed by atoms with E-state index in [0.29, 0.717) is 12.1 Å². The number of nitrogens with one attached hydrogen (secondary N) is 1. The molecule has 1 aromatic carbocycles. The molecule has 0 saturated carbocycles. The zero-order chi connectivity index (χ0) is 13.4. The molecular weight excluding hydrogens is 270 g/mol. The SMILES string of the molecule is CSCCCCNS(=O)(=O)c1ccc(CO)cc1. The Bertz CT molecular complexity index is 443. The topological polar surface area (TPSA) is 66.4 Å². The Morgan fingerprint density at radius 3 is 2.44 bits per heavy atom. The molecule has 0 aliphatic heterocycles. The molecule has 0 spiro atoms. The van der Waals surface area contributed by atoms with Gasteiger partial charge in [-0.2, -0.15) is 11.8 Å². The van der Waals surface area contributed by atoms with Gasteiger partial charge in [-0.25, -0.2) is 13.1 Å². The molecule has 0 aliphatic carbocycles. The molecule has 0 fully saturated rings. The normalized spacial score (nSPS) is 11.7. The van der Waals surface area contributed by atoms with Gasteiger partial charge in [0.15, 0.2) is 0 Å². The van der Waals surface area contributed by atoms with E-state index in [4.69, 9.17) is 5.11 Å². The van der Waals surface area contributed by atoms with Crippen molar-refractivity contribution in [3.8, 4) is 0 Å². The van der Waals surface area contributed by atoms with Crippen LogP contribution in [0.25, 0.3) is 0 Å². The lowest BCUT2D eigenvalue weighted by Crippen LogP contribution is -2.24. The van der Waals surface area contributed by atoms with Crippen LogP contribution in [0.5, 0.6) is 0 Å². The summed E-state index contributed by atoms with van der Waals surface area (Å²) in [5.74, 6) is 1.05. The molecule has 4 nitrogen and oxygen atoms in total. The summed E-state index contributed by atoms with van der Waals surface area (Å²) in [6.45, 7) is 0.382. The highest BCUT2D eigenvalue weighted by atomic mass is 32.2. The third-order valence-electron chi connectivity index (χ3n) is 2.48. The molecule has 0 aromatic heterocycles. The van der Waals surface area contributed by atoms with Gasteiger partial charge in [0.25, 0.3) is 0 Å². The summed E-state index contributed by atoms with van der Waals surface area (Å²) in [6.07, 6.45) is 3.88. The second-order valence-electron chi connectivity index (χ2n) is 3.90. The number of aliphatic hydroxyl groups excluding tert-OH is 1. The van der Waals surface area contributed by atoms with E-state index in [9.17, 15) is 8.42 Å². The Morgan fingerprint density at radius 2 is 1.89 bits per heavy atom. The largest absolute Gasteiger partial charge is 0.392 e. The summed E-state index contributed by atoms with van der Waals surface area (Å²) in [7, 11) is -3.41. The Morgan fingerprint density at radius 1 is 1.22 bits per heavy atom. The maximum atomic E-state index is 11.9. The van der Waals surface area contributed by atoms with Gasteiger partial charge in [0.05, 0.1) is 11.5 Å². The molecule has 0 heterocycles. The quantitative estimate of drug-likeness (QED) is 0.713. The summed E-state index contributed by atoms with van der Waals surface area (Å²) in [6, 6.07) is 6.25. The minimum Gasteiger partial charge on any atom is -0.392 e. The molecule has 0 radical (unpaired) electrons. The van der Waals surface area contributed by atoms with Crippen LogP contribution < -0.4 is 4.72 Å². The van der Waals surface area contributed by atoms with Gasteiger partial charge in [0.1, 0.15) is 0 Å². The zero-order valence-corrected chi connectivity index (χ0v) is 12.1. The lowest BCUT2D eigenvalue weighted by Gasteiger charge is -2.07. The van der Waals surface area contributed by atoms with Gasteiger partial charge in [-0.3, -0.25) is 0 Å². The van der Waals surface area contributed by atoms with Gasteiger partial charge in [0.2, 0.25) is 10.0 Å². The van der Waals surface area contributed by atoms with Gasteiger partial charge in [0, 0.05) is 6.54 Å². The predicted octanol–water partition coefficient (Wildman–Crippen LogP) is 1.60. The van der Waals surface area contributed by atoms with Crippen LogP contribution in [0.15, 0.2) is 29.2 Å². The minimum atomic E-state index is -3.41. The summed E-state index contributed by atoms with van der Waals surface area (Å²) < 4.78 is 26.3. The fourth-order valence-electron chi connectivity index (χ4n) is 1.44. The van der Waals surface area contributed by atoms with Crippen molar-refractivity contribution in [2.45, 2.75) is 24.3 Å². The lowest BCUT2D eigenvalue weighted by molar-refractivity contribution is 0.282. The molecule has 0 unspecified atom stereocenters. The van der Waals surface area contributed by atoms with E-state index in [1.54, 1.807) is 23.9 Å². The fraction of sp³-hybridized carbons (Fsp3) is 0.500. The number of aliphatic hydroxyl groups is 1. The smallest absolute Gasteiger partial charge is 0.240 e. The number of thioether (sulfide) groups is 1. The van der Waals surface area contributed by atoms with E-state index < -0.39 is 10.0 Å². The first-order chi connectivity index (χ1) is 8.60. The number of rotatable bonds is 8. The van der Waals surface area contributed by atoms with Crippen LogP contribution >= 0.6 is 11.8 Å². The van der Waals surface area contributed by atoms with Crippen molar-refractivity contribution < 1.29 is 13.5 Å². The molecule has 0 bridgehead atoms. The molecule has 1 rings (SSSR count). The molecule has 102 valence electrons. The molecule has 0 saturated heterocycles. The van der Waals surface area contributed by atoms with E-state index >= 15 is 0 Å². The van der Waals surface area contributed by atoms with Crippen LogP contribution in [0.3, 0.4) is 0 Å². The first kappa shape index (κ1) is 15.5. The summed E-state index contributed by atoms with van der Waals surface area (Å²) in [4.78, 5) is 0.240. The van der Waals surface area contributed by atoms with Crippen LogP contribution in [0.1, 0.15) is 18.4 Å². The number of unbranched alkanes of at least 4 members (excludes halogenated alkanes) is 1. The summed E-state index contributed by atoms with van der Waals surface area (Å²) >= 11 is 1.76. The number of hydrogen-bond acceptors (Lipinski definition) is 4. The fourth-order valence-corrected chi connectivity index (χ4v) is 3.00. The van der Waals surface area contributed by atoms with Crippen LogP contribution in [-0.4, -0.2) is 32.1 Å². The zero-order valence-electron chi connectivity index (χ0n) is 10.4. The monoisotopic (exact) mass is 289 g/mol. The molecular formula is C12H19NO3S2. The first-order valence-corrected chi connectivity index (χ1v) is 8.66. The van der Waals surface area contributed by atoms with Gasteiger partial charge in [-0.15, -0.1) is 0 Å². The van der Waals surface area contributed by atoms with E-state index in [-0.39, 0.29) is 11.5 Å². The molecule has 0 amide bonds. The summed E-state index contributed by atoms with van der Waals surface area (Å²) in [5.41, 5.74) is 0.703. The summed E-state index contributed by atoms with van der Waals surface area (Å²) in [5, 5.41) is 8.89. The highest BCUT2D eigenvalue weighted by Crippen LogP contribution is 2.10. The van der Waals surface area contributed by atoms with Crippen molar-refractivity contribution in [2.75, 3.05) is 18.6 Å². The highest BCUT2D eigenvalue weighted by molar-refractivity contribution is 7.98. The van der Waals surface area contributed by atoms with Crippen molar-refractivity contribution >= 4 is 21.8 Å². The van der Waals surface area contributed by atoms with Crippen molar-refractivity contribution in [1.29, 1.82) is 0 Å². The van der Waals surface area contributed by atoms with Crippen LogP contribution in [-0.2, 0) is 16.6 Å². The van der Waals surface area contributed by atoms with Crippen molar-refractivity contribution in [2.24, 2.45) is 0 Å². The predicted molar refractivity (Wildman–Crippen MR) is 75.2 cm³/mol. The van der Waals surface area contributed by atoms with Crippen molar-refractivity contribution in [3.63, 3.8) is 0 Å². The standard InChI is InChI=1S/C12H19NO3S2/c1-17-9-3-2-8-13-18(15,16)12-6-4-11(10-14)5-7-12/h4-7,13-14H,2-3,8-10H2,1H3. The Hall–Kier alpha value is -0.560. The lowest BCUT2D eigenvalue weighted by atomic mass is 10.2. The van der Waals surface area contributed by atoms with Gasteiger partial charge < -0.3 is 5.11 Å². The maximum absolute atomic E-state index is 11.9. The second-order valence-corrected chi connectivity index (χ2v) is 6.65. The number of benzene rings is 1. The van der Waals surface area contributed by atoms with Gasteiger partial charge >= 0.3 is 0 Å². The number of hydrogen-bond donors (Lipinski definition) is 2. The molecule has 18 heavy (non-hydrogen) atoms. The van der Waals surface area contributed by atoms with E-state index in [2.05, 4.69) is 4.72 Å². The molecule has 0 aliphatic rings. The van der Waals surface area contributed by atoms with Crippen LogP contribution in [0, 0.1) is 0 Å². The minimum absolute atomic E-state index is 0.0809. The van der Waals surface area contributed by atoms with Gasteiger partial charge in [-0.05, 0) is 42.5 Å². The van der Waals surface area contributed by atoms with Gasteiger partial charge in [-0.1, -0.05) is 12.1 Å². The Kier molecular flexibility index (Phi) is 6.70. The van der Waals surface area contributed by atoms with E-state index in [1.165, 1.54) is 12.1 Å². The third-order valence-corrected chi connectivity index (χ3v) is 4.66. The first-order valence-electron chi connectivity index (χ1n) is 5.78. The molecule has 2 N–H and O–H groups in total. The molecule has 1 aromatic rings. The van der Waals surface area contributed by atoms with Crippen LogP contribution in [0.4, 0.5) is 0 Å². The Labute approximate surface area is 113 Å². The average molecular weight is 289 g/mol. The van der Waals surface area contributed by atoms with E-state index in [0.717, 1.165) is 18.6 Å². The average Bonchev–Trinajstić information content (AvgIpc) is 2.38. The maximum Gasteiger partial charge on any atom is 0.240 e. The molecule has 0 atom stereocenters. The van der Waals surface area contributed by atoms with Crippen molar-refractivity contribution in [1.82, 2.24) is 4.72 Å². The van der Waals surface area contributed by atoms with Crippen molar-refractivity contribution in [3.05, 3.63) is 29.8 Å². The Balaban J connectivity index is 2.51. The third kappa shape index (κ3) is 4.97. The highest BCUT2D eigenvalue weighted by Gasteiger charge is 2.12. The van der Waals surface area contributed by atoms with Crippen LogP contribution in [0.2, 0.25) is 0 Å². The van der Waals surface area contributed by atoms with E-state index in [1.807, 2.05) is 6.26 Å². The molecule has 6 heteroatoms. The number of sulfonamides is 1. The second kappa shape index (κ2) is 7.78.